The average Bonchev–Trinajstić information content (AvgIpc) is 3.05. The van der Waals surface area contributed by atoms with Crippen molar-refractivity contribution < 1.29 is 19.1 Å². The molecule has 4 rings (SSSR count). The molecule has 2 fully saturated rings. The summed E-state index contributed by atoms with van der Waals surface area (Å²) < 4.78 is 11.9. The van der Waals surface area contributed by atoms with Gasteiger partial charge < -0.3 is 14.4 Å². The number of amides is 2. The summed E-state index contributed by atoms with van der Waals surface area (Å²) in [5.41, 5.74) is 1.61. The lowest BCUT2D eigenvalue weighted by Crippen LogP contribution is -2.49. The number of benzene rings is 2. The molecule has 2 aliphatic rings. The third-order valence-corrected chi connectivity index (χ3v) is 6.42. The highest BCUT2D eigenvalue weighted by molar-refractivity contribution is 8.27. The van der Waals surface area contributed by atoms with E-state index in [1.54, 1.807) is 21.9 Å². The molecular weight excluding hydrogens is 444 g/mol. The molecule has 0 spiro atoms. The van der Waals surface area contributed by atoms with E-state index in [0.717, 1.165) is 11.3 Å². The van der Waals surface area contributed by atoms with Crippen molar-refractivity contribution in [2.45, 2.75) is 26.1 Å². The van der Waals surface area contributed by atoms with Crippen molar-refractivity contribution in [3.8, 4) is 5.75 Å². The molecule has 0 radical (unpaired) electrons. The summed E-state index contributed by atoms with van der Waals surface area (Å²) in [4.78, 5) is 29.2. The largest absolute Gasteiger partial charge is 0.484 e. The molecule has 2 aliphatic heterocycles. The summed E-state index contributed by atoms with van der Waals surface area (Å²) in [6, 6.07) is 16.7. The Kier molecular flexibility index (Phi) is 6.93. The van der Waals surface area contributed by atoms with Crippen LogP contribution in [0.25, 0.3) is 6.08 Å². The molecule has 2 aromatic rings. The molecule has 2 unspecified atom stereocenters. The van der Waals surface area contributed by atoms with Gasteiger partial charge in [-0.3, -0.25) is 14.5 Å². The van der Waals surface area contributed by atoms with Crippen molar-refractivity contribution in [2.75, 3.05) is 24.6 Å². The molecule has 0 aliphatic carbocycles. The van der Waals surface area contributed by atoms with Crippen molar-refractivity contribution in [3.05, 3.63) is 65.1 Å². The smallest absolute Gasteiger partial charge is 0.270 e. The second-order valence-corrected chi connectivity index (χ2v) is 9.44. The first kappa shape index (κ1) is 22.5. The molecule has 8 heteroatoms. The Hall–Kier alpha value is -2.68. The van der Waals surface area contributed by atoms with Gasteiger partial charge in [-0.2, -0.15) is 0 Å². The molecule has 32 heavy (non-hydrogen) atoms. The van der Waals surface area contributed by atoms with E-state index in [0.29, 0.717) is 28.1 Å². The Morgan fingerprint density at radius 1 is 1.12 bits per heavy atom. The fourth-order valence-electron chi connectivity index (χ4n) is 3.70. The summed E-state index contributed by atoms with van der Waals surface area (Å²) in [5.74, 6) is 0.411. The van der Waals surface area contributed by atoms with Gasteiger partial charge in [-0.15, -0.1) is 0 Å². The number of morpholine rings is 1. The number of thiocarbonyl (C=S) groups is 1. The van der Waals surface area contributed by atoms with Crippen LogP contribution < -0.4 is 9.64 Å². The maximum absolute atomic E-state index is 12.8. The zero-order valence-electron chi connectivity index (χ0n) is 17.9. The first-order valence-corrected chi connectivity index (χ1v) is 11.6. The van der Waals surface area contributed by atoms with Gasteiger partial charge >= 0.3 is 0 Å². The normalized spacial score (nSPS) is 22.5. The Bertz CT molecular complexity index is 1030. The quantitative estimate of drug-likeness (QED) is 0.486. The van der Waals surface area contributed by atoms with Crippen LogP contribution in [0.4, 0.5) is 5.69 Å². The Morgan fingerprint density at radius 2 is 1.78 bits per heavy atom. The van der Waals surface area contributed by atoms with E-state index in [9.17, 15) is 9.59 Å². The van der Waals surface area contributed by atoms with E-state index < -0.39 is 0 Å². The number of hydrogen-bond acceptors (Lipinski definition) is 6. The number of carbonyl (C=O) groups excluding carboxylic acids is 2. The fourth-order valence-corrected chi connectivity index (χ4v) is 5.00. The third kappa shape index (κ3) is 5.20. The summed E-state index contributed by atoms with van der Waals surface area (Å²) in [5, 5.41) is 0. The lowest BCUT2D eigenvalue weighted by Gasteiger charge is -2.35. The second kappa shape index (κ2) is 9.85. The number of nitrogens with zero attached hydrogens (tertiary/aromatic N) is 2. The molecule has 2 saturated heterocycles. The van der Waals surface area contributed by atoms with Gasteiger partial charge in [0.1, 0.15) is 5.75 Å². The van der Waals surface area contributed by atoms with Gasteiger partial charge in [0, 0.05) is 13.1 Å². The van der Waals surface area contributed by atoms with Gasteiger partial charge in [0.25, 0.3) is 11.8 Å². The third-order valence-electron chi connectivity index (χ3n) is 5.12. The minimum atomic E-state index is -0.133. The molecule has 0 aromatic heterocycles. The lowest BCUT2D eigenvalue weighted by molar-refractivity contribution is -0.145. The Balaban J connectivity index is 1.37. The number of carbonyl (C=O) groups is 2. The van der Waals surface area contributed by atoms with E-state index in [1.807, 2.05) is 62.4 Å². The molecule has 6 nitrogen and oxygen atoms in total. The van der Waals surface area contributed by atoms with Gasteiger partial charge in [0.05, 0.1) is 22.8 Å². The number of hydrogen-bond donors (Lipinski definition) is 0. The Morgan fingerprint density at radius 3 is 2.44 bits per heavy atom. The van der Waals surface area contributed by atoms with Crippen LogP contribution in [0, 0.1) is 0 Å². The maximum Gasteiger partial charge on any atom is 0.270 e. The van der Waals surface area contributed by atoms with Crippen LogP contribution in [-0.4, -0.2) is 52.9 Å². The number of rotatable bonds is 5. The van der Waals surface area contributed by atoms with Crippen LogP contribution in [0.1, 0.15) is 19.4 Å². The number of thioether (sulfide) groups is 1. The molecule has 2 amide bonds. The van der Waals surface area contributed by atoms with Crippen LogP contribution in [0.15, 0.2) is 59.5 Å². The molecule has 0 bridgehead atoms. The molecular formula is C24H24N2O4S2. The predicted molar refractivity (Wildman–Crippen MR) is 131 cm³/mol. The highest BCUT2D eigenvalue weighted by Gasteiger charge is 2.33. The van der Waals surface area contributed by atoms with Gasteiger partial charge in [-0.1, -0.05) is 54.3 Å². The lowest BCUT2D eigenvalue weighted by atomic mass is 10.2. The Labute approximate surface area is 197 Å². The summed E-state index contributed by atoms with van der Waals surface area (Å²) in [6.45, 7) is 5.06. The minimum absolute atomic E-state index is 0.0193. The molecule has 2 atom stereocenters. The average molecular weight is 469 g/mol. The van der Waals surface area contributed by atoms with Crippen molar-refractivity contribution in [1.82, 2.24) is 4.90 Å². The van der Waals surface area contributed by atoms with Gasteiger partial charge in [-0.05, 0) is 49.8 Å². The number of ether oxygens (including phenoxy) is 2. The fraction of sp³-hybridized carbons (Fsp3) is 0.292. The van der Waals surface area contributed by atoms with Crippen molar-refractivity contribution in [1.29, 1.82) is 0 Å². The predicted octanol–water partition coefficient (Wildman–Crippen LogP) is 4.11. The SMILES string of the molecule is CC1CN(C(=O)COc2ccc(/C=C3\SC(=S)N(c4ccccc4)C3=O)cc2)CC(C)O1. The molecule has 2 heterocycles. The highest BCUT2D eigenvalue weighted by atomic mass is 32.2. The van der Waals surface area contributed by atoms with Gasteiger partial charge in [-0.25, -0.2) is 0 Å². The molecule has 0 N–H and O–H groups in total. The number of anilines is 1. The molecule has 0 saturated carbocycles. The zero-order valence-corrected chi connectivity index (χ0v) is 19.5. The topological polar surface area (TPSA) is 59.1 Å². The van der Waals surface area contributed by atoms with Crippen LogP contribution in [0.3, 0.4) is 0 Å². The van der Waals surface area contributed by atoms with Crippen molar-refractivity contribution >= 4 is 51.9 Å². The minimum Gasteiger partial charge on any atom is -0.484 e. The van der Waals surface area contributed by atoms with E-state index in [4.69, 9.17) is 21.7 Å². The zero-order chi connectivity index (χ0) is 22.7. The maximum atomic E-state index is 12.8. The second-order valence-electron chi connectivity index (χ2n) is 7.77. The summed E-state index contributed by atoms with van der Waals surface area (Å²) in [7, 11) is 0. The molecule has 2 aromatic carbocycles. The summed E-state index contributed by atoms with van der Waals surface area (Å²) >= 11 is 6.69. The van der Waals surface area contributed by atoms with E-state index in [-0.39, 0.29) is 30.6 Å². The van der Waals surface area contributed by atoms with Crippen LogP contribution in [-0.2, 0) is 14.3 Å². The highest BCUT2D eigenvalue weighted by Crippen LogP contribution is 2.36. The van der Waals surface area contributed by atoms with Crippen LogP contribution in [0.2, 0.25) is 0 Å². The van der Waals surface area contributed by atoms with Crippen LogP contribution in [0.5, 0.6) is 5.75 Å². The number of para-hydroxylation sites is 1. The van der Waals surface area contributed by atoms with Gasteiger partial charge in [0.15, 0.2) is 10.9 Å². The van der Waals surface area contributed by atoms with E-state index in [1.165, 1.54) is 11.8 Å². The summed E-state index contributed by atoms with van der Waals surface area (Å²) in [6.07, 6.45) is 1.86. The van der Waals surface area contributed by atoms with Crippen LogP contribution >= 0.6 is 24.0 Å². The monoisotopic (exact) mass is 468 g/mol. The van der Waals surface area contributed by atoms with E-state index in [2.05, 4.69) is 0 Å². The standard InChI is InChI=1S/C24H24N2O4S2/c1-16-13-25(14-17(2)30-16)22(27)15-29-20-10-8-18(9-11-20)12-21-23(28)26(24(31)32-21)19-6-4-3-5-7-19/h3-12,16-17H,13-15H2,1-2H3/b21-12-. The first-order valence-electron chi connectivity index (χ1n) is 10.4. The van der Waals surface area contributed by atoms with Crippen molar-refractivity contribution in [3.63, 3.8) is 0 Å². The van der Waals surface area contributed by atoms with Gasteiger partial charge in [0.2, 0.25) is 0 Å². The van der Waals surface area contributed by atoms with E-state index >= 15 is 0 Å². The molecule has 166 valence electrons. The first-order chi connectivity index (χ1) is 15.4. The van der Waals surface area contributed by atoms with Crippen molar-refractivity contribution in [2.24, 2.45) is 0 Å².